The van der Waals surface area contributed by atoms with Crippen molar-refractivity contribution in [2.75, 3.05) is 15.9 Å². The maximum atomic E-state index is 13.3. The number of nitrogens with zero attached hydrogens (tertiary/aromatic N) is 1. The monoisotopic (exact) mass is 406 g/mol. The van der Waals surface area contributed by atoms with Crippen molar-refractivity contribution in [2.45, 2.75) is 46.1 Å². The summed E-state index contributed by atoms with van der Waals surface area (Å²) in [5.41, 5.74) is 2.84. The summed E-state index contributed by atoms with van der Waals surface area (Å²) < 4.78 is 39.3. The number of amides is 1. The van der Waals surface area contributed by atoms with Gasteiger partial charge in [-0.3, -0.25) is 9.10 Å². The van der Waals surface area contributed by atoms with E-state index >= 15 is 0 Å². The molecule has 0 fully saturated rings. The van der Waals surface area contributed by atoms with E-state index in [-0.39, 0.29) is 18.0 Å². The zero-order valence-corrected chi connectivity index (χ0v) is 17.7. The summed E-state index contributed by atoms with van der Waals surface area (Å²) in [6.45, 7) is 7.70. The Morgan fingerprint density at radius 1 is 1.14 bits per heavy atom. The van der Waals surface area contributed by atoms with Crippen LogP contribution < -0.4 is 9.62 Å². The average molecular weight is 407 g/mol. The molecule has 0 aliphatic heterocycles. The van der Waals surface area contributed by atoms with Crippen molar-refractivity contribution in [1.82, 2.24) is 0 Å². The van der Waals surface area contributed by atoms with Gasteiger partial charge in [0.05, 0.1) is 11.9 Å². The number of carbonyl (C=O) groups is 1. The van der Waals surface area contributed by atoms with Crippen molar-refractivity contribution in [3.63, 3.8) is 0 Å². The highest BCUT2D eigenvalue weighted by atomic mass is 32.2. The van der Waals surface area contributed by atoms with Crippen LogP contribution >= 0.6 is 0 Å². The summed E-state index contributed by atoms with van der Waals surface area (Å²) in [6, 6.07) is 9.89. The van der Waals surface area contributed by atoms with Gasteiger partial charge in [0.2, 0.25) is 15.9 Å². The Morgan fingerprint density at radius 2 is 1.75 bits per heavy atom. The van der Waals surface area contributed by atoms with Gasteiger partial charge in [0.15, 0.2) is 0 Å². The lowest BCUT2D eigenvalue weighted by Gasteiger charge is -2.30. The van der Waals surface area contributed by atoms with E-state index < -0.39 is 27.8 Å². The Balaban J connectivity index is 2.45. The number of rotatable bonds is 7. The summed E-state index contributed by atoms with van der Waals surface area (Å²) in [4.78, 5) is 13.1. The first-order valence-corrected chi connectivity index (χ1v) is 11.1. The zero-order chi connectivity index (χ0) is 21.1. The van der Waals surface area contributed by atoms with Crippen molar-refractivity contribution in [1.29, 1.82) is 0 Å². The summed E-state index contributed by atoms with van der Waals surface area (Å²) in [7, 11) is -3.77. The molecule has 1 atom stereocenters. The highest BCUT2D eigenvalue weighted by Gasteiger charge is 2.32. The number of halogens is 1. The van der Waals surface area contributed by atoms with E-state index in [9.17, 15) is 17.6 Å². The van der Waals surface area contributed by atoms with E-state index in [4.69, 9.17) is 0 Å². The molecule has 0 aliphatic carbocycles. The second-order valence-electron chi connectivity index (χ2n) is 7.14. The molecular formula is C21H27FN2O3S. The van der Waals surface area contributed by atoms with E-state index in [0.29, 0.717) is 5.69 Å². The van der Waals surface area contributed by atoms with Crippen LogP contribution in [0.3, 0.4) is 0 Å². The lowest BCUT2D eigenvalue weighted by atomic mass is 9.98. The molecule has 2 rings (SSSR count). The van der Waals surface area contributed by atoms with Crippen LogP contribution in [0.15, 0.2) is 42.5 Å². The summed E-state index contributed by atoms with van der Waals surface area (Å²) in [6.07, 6.45) is 1.30. The van der Waals surface area contributed by atoms with Crippen LogP contribution in [0.25, 0.3) is 0 Å². The number of carbonyl (C=O) groups excluding carboxylic acids is 1. The normalized spacial score (nSPS) is 12.7. The largest absolute Gasteiger partial charge is 0.324 e. The number of hydrogen-bond donors (Lipinski definition) is 1. The molecule has 0 heterocycles. The fraction of sp³-hybridized carbons (Fsp3) is 0.381. The first-order valence-electron chi connectivity index (χ1n) is 9.21. The molecule has 5 nitrogen and oxygen atoms in total. The van der Waals surface area contributed by atoms with E-state index in [1.807, 2.05) is 39.0 Å². The molecule has 7 heteroatoms. The third-order valence-electron chi connectivity index (χ3n) is 4.59. The Bertz CT molecular complexity index is 941. The molecule has 152 valence electrons. The van der Waals surface area contributed by atoms with Gasteiger partial charge in [-0.15, -0.1) is 0 Å². The molecule has 1 amide bonds. The van der Waals surface area contributed by atoms with Gasteiger partial charge in [-0.2, -0.15) is 0 Å². The first-order chi connectivity index (χ1) is 13.1. The predicted octanol–water partition coefficient (Wildman–Crippen LogP) is 4.44. The highest BCUT2D eigenvalue weighted by molar-refractivity contribution is 7.92. The maximum Gasteiger partial charge on any atom is 0.248 e. The molecule has 1 unspecified atom stereocenters. The molecule has 0 saturated carbocycles. The van der Waals surface area contributed by atoms with E-state index in [1.54, 1.807) is 6.92 Å². The van der Waals surface area contributed by atoms with Gasteiger partial charge < -0.3 is 5.32 Å². The SMILES string of the molecule is CCC(C(=O)Nc1c(C)cccc1C(C)C)N(c1ccc(F)cc1)S(C)(=O)=O. The quantitative estimate of drug-likeness (QED) is 0.739. The second kappa shape index (κ2) is 8.73. The minimum absolute atomic E-state index is 0.193. The van der Waals surface area contributed by atoms with Gasteiger partial charge in [-0.25, -0.2) is 12.8 Å². The van der Waals surface area contributed by atoms with Gasteiger partial charge in [-0.1, -0.05) is 39.0 Å². The lowest BCUT2D eigenvalue weighted by Crippen LogP contribution is -2.47. The smallest absolute Gasteiger partial charge is 0.248 e. The number of anilines is 2. The summed E-state index contributed by atoms with van der Waals surface area (Å²) in [5.74, 6) is -0.706. The molecule has 2 aromatic rings. The Hall–Kier alpha value is -2.41. The van der Waals surface area contributed by atoms with Gasteiger partial charge in [0, 0.05) is 5.69 Å². The molecule has 0 aliphatic rings. The molecule has 2 aromatic carbocycles. The van der Waals surface area contributed by atoms with E-state index in [1.165, 1.54) is 24.3 Å². The molecule has 0 saturated heterocycles. The van der Waals surface area contributed by atoms with Crippen LogP contribution in [0, 0.1) is 12.7 Å². The van der Waals surface area contributed by atoms with Crippen molar-refractivity contribution in [2.24, 2.45) is 0 Å². The zero-order valence-electron chi connectivity index (χ0n) is 16.9. The van der Waals surface area contributed by atoms with Crippen molar-refractivity contribution >= 4 is 27.3 Å². The number of benzene rings is 2. The van der Waals surface area contributed by atoms with Gasteiger partial charge in [0.1, 0.15) is 11.9 Å². The highest BCUT2D eigenvalue weighted by Crippen LogP contribution is 2.29. The van der Waals surface area contributed by atoms with Crippen LogP contribution in [0.2, 0.25) is 0 Å². The fourth-order valence-electron chi connectivity index (χ4n) is 3.20. The third-order valence-corrected chi connectivity index (χ3v) is 5.77. The molecule has 28 heavy (non-hydrogen) atoms. The van der Waals surface area contributed by atoms with Crippen molar-refractivity contribution in [3.8, 4) is 0 Å². The number of aryl methyl sites for hydroxylation is 1. The fourth-order valence-corrected chi connectivity index (χ4v) is 4.41. The first kappa shape index (κ1) is 21.9. The second-order valence-corrected chi connectivity index (χ2v) is 9.00. The Kier molecular flexibility index (Phi) is 6.82. The molecule has 0 radical (unpaired) electrons. The maximum absolute atomic E-state index is 13.3. The number of sulfonamides is 1. The van der Waals surface area contributed by atoms with E-state index in [0.717, 1.165) is 21.7 Å². The third kappa shape index (κ3) is 4.90. The van der Waals surface area contributed by atoms with Crippen LogP contribution in [0.1, 0.15) is 44.2 Å². The molecule has 1 N–H and O–H groups in total. The van der Waals surface area contributed by atoms with Crippen molar-refractivity contribution in [3.05, 3.63) is 59.4 Å². The topological polar surface area (TPSA) is 66.5 Å². The predicted molar refractivity (Wildman–Crippen MR) is 112 cm³/mol. The number of para-hydroxylation sites is 1. The average Bonchev–Trinajstić information content (AvgIpc) is 2.61. The van der Waals surface area contributed by atoms with Crippen LogP contribution in [0.4, 0.5) is 15.8 Å². The molecule has 0 aromatic heterocycles. The van der Waals surface area contributed by atoms with Crippen molar-refractivity contribution < 1.29 is 17.6 Å². The van der Waals surface area contributed by atoms with Gasteiger partial charge in [0.25, 0.3) is 0 Å². The Morgan fingerprint density at radius 3 is 2.25 bits per heavy atom. The Labute approximate surface area is 166 Å². The lowest BCUT2D eigenvalue weighted by molar-refractivity contribution is -0.117. The molecule has 0 bridgehead atoms. The molecular weight excluding hydrogens is 379 g/mol. The van der Waals surface area contributed by atoms with Gasteiger partial charge >= 0.3 is 0 Å². The van der Waals surface area contributed by atoms with Gasteiger partial charge in [-0.05, 0) is 54.7 Å². The van der Waals surface area contributed by atoms with Crippen LogP contribution in [-0.2, 0) is 14.8 Å². The molecule has 0 spiro atoms. The van der Waals surface area contributed by atoms with Crippen LogP contribution in [0.5, 0.6) is 0 Å². The van der Waals surface area contributed by atoms with E-state index in [2.05, 4.69) is 5.32 Å². The summed E-state index contributed by atoms with van der Waals surface area (Å²) in [5, 5.41) is 2.93. The number of hydrogen-bond acceptors (Lipinski definition) is 3. The number of nitrogens with one attached hydrogen (secondary N) is 1. The minimum atomic E-state index is -3.77. The summed E-state index contributed by atoms with van der Waals surface area (Å²) >= 11 is 0. The van der Waals surface area contributed by atoms with Crippen LogP contribution in [-0.4, -0.2) is 26.6 Å². The minimum Gasteiger partial charge on any atom is -0.324 e. The standard InChI is InChI=1S/C21H27FN2O3S/c1-6-19(24(28(5,26)27)17-12-10-16(22)11-13-17)21(25)23-20-15(4)8-7-9-18(20)14(2)3/h7-14,19H,6H2,1-5H3,(H,23,25).